The Balaban J connectivity index is 1.80. The van der Waals surface area contributed by atoms with E-state index in [1.807, 2.05) is 30.3 Å². The highest BCUT2D eigenvalue weighted by atomic mass is 32.2. The van der Waals surface area contributed by atoms with Crippen LogP contribution < -0.4 is 9.47 Å². The molecule has 0 radical (unpaired) electrons. The summed E-state index contributed by atoms with van der Waals surface area (Å²) >= 11 is 1.64. The summed E-state index contributed by atoms with van der Waals surface area (Å²) in [6.07, 6.45) is 7.07. The Morgan fingerprint density at radius 3 is 2.82 bits per heavy atom. The van der Waals surface area contributed by atoms with Gasteiger partial charge < -0.3 is 9.47 Å². The van der Waals surface area contributed by atoms with Gasteiger partial charge in [0.25, 0.3) is 0 Å². The molecule has 0 aliphatic heterocycles. The van der Waals surface area contributed by atoms with Crippen molar-refractivity contribution in [3.63, 3.8) is 0 Å². The van der Waals surface area contributed by atoms with Crippen molar-refractivity contribution in [2.75, 3.05) is 19.5 Å². The monoisotopic (exact) mass is 316 g/mol. The van der Waals surface area contributed by atoms with Gasteiger partial charge in [-0.05, 0) is 37.1 Å². The molecule has 0 amide bonds. The minimum Gasteiger partial charge on any atom is -0.497 e. The number of hydrogen-bond donors (Lipinski definition) is 0. The molecule has 1 aromatic carbocycles. The number of thioether (sulfide) groups is 1. The Morgan fingerprint density at radius 1 is 1.27 bits per heavy atom. The van der Waals surface area contributed by atoms with Gasteiger partial charge in [0.15, 0.2) is 5.16 Å². The van der Waals surface area contributed by atoms with E-state index in [0.29, 0.717) is 6.61 Å². The molecular formula is C17H20N2O2S. The van der Waals surface area contributed by atoms with Crippen LogP contribution in [0.25, 0.3) is 0 Å². The highest BCUT2D eigenvalue weighted by Crippen LogP contribution is 2.25. The lowest BCUT2D eigenvalue weighted by Crippen LogP contribution is -2.02. The lowest BCUT2D eigenvalue weighted by atomic mass is 10.1. The van der Waals surface area contributed by atoms with Gasteiger partial charge in [-0.1, -0.05) is 17.8 Å². The summed E-state index contributed by atoms with van der Waals surface area (Å²) in [4.78, 5) is 8.36. The fourth-order valence-corrected chi connectivity index (χ4v) is 2.62. The van der Waals surface area contributed by atoms with Gasteiger partial charge in [-0.25, -0.2) is 9.97 Å². The molecule has 0 saturated heterocycles. The second kappa shape index (κ2) is 9.10. The lowest BCUT2D eigenvalue weighted by molar-refractivity contribution is 0.315. The number of benzene rings is 1. The predicted molar refractivity (Wildman–Crippen MR) is 89.8 cm³/mol. The summed E-state index contributed by atoms with van der Waals surface area (Å²) in [5.41, 5.74) is 1.09. The molecule has 2 aromatic rings. The molecule has 4 nitrogen and oxygen atoms in total. The highest BCUT2D eigenvalue weighted by molar-refractivity contribution is 7.99. The summed E-state index contributed by atoms with van der Waals surface area (Å²) < 4.78 is 11.1. The van der Waals surface area contributed by atoms with Crippen molar-refractivity contribution >= 4 is 11.8 Å². The molecule has 0 aliphatic carbocycles. The SMILES string of the molecule is C=CCc1cc(OC)ccc1OCCCSc1ncccn1. The minimum absolute atomic E-state index is 0.663. The van der Waals surface area contributed by atoms with Gasteiger partial charge in [-0.2, -0.15) is 0 Å². The summed E-state index contributed by atoms with van der Waals surface area (Å²) in [6.45, 7) is 4.45. The average Bonchev–Trinajstić information content (AvgIpc) is 2.57. The fraction of sp³-hybridized carbons (Fsp3) is 0.294. The Morgan fingerprint density at radius 2 is 2.09 bits per heavy atom. The normalized spacial score (nSPS) is 10.2. The first kappa shape index (κ1) is 16.4. The summed E-state index contributed by atoms with van der Waals surface area (Å²) in [5, 5.41) is 0.805. The van der Waals surface area contributed by atoms with E-state index >= 15 is 0 Å². The molecule has 2 rings (SSSR count). The number of allylic oxidation sites excluding steroid dienone is 1. The molecular weight excluding hydrogens is 296 g/mol. The second-order valence-corrected chi connectivity index (χ2v) is 5.61. The number of hydrogen-bond acceptors (Lipinski definition) is 5. The van der Waals surface area contributed by atoms with Gasteiger partial charge in [0.1, 0.15) is 11.5 Å². The molecule has 22 heavy (non-hydrogen) atoms. The highest BCUT2D eigenvalue weighted by Gasteiger charge is 2.05. The van der Waals surface area contributed by atoms with Gasteiger partial charge in [-0.3, -0.25) is 0 Å². The van der Waals surface area contributed by atoms with E-state index in [-0.39, 0.29) is 0 Å². The van der Waals surface area contributed by atoms with Crippen molar-refractivity contribution in [2.24, 2.45) is 0 Å². The molecule has 0 aliphatic rings. The molecule has 0 unspecified atom stereocenters. The van der Waals surface area contributed by atoms with Gasteiger partial charge >= 0.3 is 0 Å². The number of nitrogens with zero attached hydrogens (tertiary/aromatic N) is 2. The average molecular weight is 316 g/mol. The van der Waals surface area contributed by atoms with Crippen LogP contribution in [0.4, 0.5) is 0 Å². The van der Waals surface area contributed by atoms with Crippen LogP contribution in [0.3, 0.4) is 0 Å². The van der Waals surface area contributed by atoms with E-state index < -0.39 is 0 Å². The molecule has 116 valence electrons. The number of rotatable bonds is 9. The van der Waals surface area contributed by atoms with Crippen molar-refractivity contribution in [1.82, 2.24) is 9.97 Å². The molecule has 0 bridgehead atoms. The molecule has 5 heteroatoms. The van der Waals surface area contributed by atoms with E-state index in [9.17, 15) is 0 Å². The van der Waals surface area contributed by atoms with Crippen molar-refractivity contribution < 1.29 is 9.47 Å². The van der Waals surface area contributed by atoms with Crippen LogP contribution in [0.2, 0.25) is 0 Å². The lowest BCUT2D eigenvalue weighted by Gasteiger charge is -2.11. The van der Waals surface area contributed by atoms with Crippen LogP contribution in [0, 0.1) is 0 Å². The van der Waals surface area contributed by atoms with Gasteiger partial charge in [0.05, 0.1) is 13.7 Å². The smallest absolute Gasteiger partial charge is 0.187 e. The first-order chi connectivity index (χ1) is 10.8. The second-order valence-electron chi connectivity index (χ2n) is 4.55. The predicted octanol–water partition coefficient (Wildman–Crippen LogP) is 3.77. The Labute approximate surface area is 135 Å². The molecule has 0 fully saturated rings. The van der Waals surface area contributed by atoms with Gasteiger partial charge in [0.2, 0.25) is 0 Å². The van der Waals surface area contributed by atoms with E-state index in [1.54, 1.807) is 31.3 Å². The van der Waals surface area contributed by atoms with Crippen LogP contribution in [0.1, 0.15) is 12.0 Å². The largest absolute Gasteiger partial charge is 0.497 e. The number of methoxy groups -OCH3 is 1. The van der Waals surface area contributed by atoms with Crippen LogP contribution >= 0.6 is 11.8 Å². The fourth-order valence-electron chi connectivity index (χ4n) is 1.90. The van der Waals surface area contributed by atoms with Crippen LogP contribution in [0.15, 0.2) is 54.5 Å². The zero-order valence-electron chi connectivity index (χ0n) is 12.7. The van der Waals surface area contributed by atoms with E-state index in [2.05, 4.69) is 16.5 Å². The minimum atomic E-state index is 0.663. The Kier molecular flexibility index (Phi) is 6.77. The van der Waals surface area contributed by atoms with Crippen molar-refractivity contribution in [2.45, 2.75) is 18.0 Å². The van der Waals surface area contributed by atoms with E-state index in [0.717, 1.165) is 40.8 Å². The van der Waals surface area contributed by atoms with E-state index in [1.165, 1.54) is 0 Å². The summed E-state index contributed by atoms with van der Waals surface area (Å²) in [7, 11) is 1.66. The molecule has 0 N–H and O–H groups in total. The maximum absolute atomic E-state index is 5.87. The molecule has 0 atom stereocenters. The number of ether oxygens (including phenoxy) is 2. The van der Waals surface area contributed by atoms with Crippen molar-refractivity contribution in [1.29, 1.82) is 0 Å². The maximum Gasteiger partial charge on any atom is 0.187 e. The standard InChI is InChI=1S/C17H20N2O2S/c1-3-6-14-13-15(20-2)7-8-16(14)21-11-5-12-22-17-18-9-4-10-19-17/h3-4,7-10,13H,1,5-6,11-12H2,2H3. The molecule has 0 spiro atoms. The van der Waals surface area contributed by atoms with Crippen LogP contribution in [-0.4, -0.2) is 29.4 Å². The Bertz CT molecular complexity index is 590. The zero-order chi connectivity index (χ0) is 15.6. The van der Waals surface area contributed by atoms with E-state index in [4.69, 9.17) is 9.47 Å². The third-order valence-electron chi connectivity index (χ3n) is 2.95. The molecule has 1 aromatic heterocycles. The quantitative estimate of drug-likeness (QED) is 0.305. The number of aromatic nitrogens is 2. The molecule has 0 saturated carbocycles. The molecule has 1 heterocycles. The first-order valence-corrected chi connectivity index (χ1v) is 8.12. The summed E-state index contributed by atoms with van der Waals surface area (Å²) in [5.74, 6) is 2.65. The third-order valence-corrected chi connectivity index (χ3v) is 3.91. The maximum atomic E-state index is 5.87. The van der Waals surface area contributed by atoms with Crippen molar-refractivity contribution in [3.8, 4) is 11.5 Å². The van der Waals surface area contributed by atoms with Crippen molar-refractivity contribution in [3.05, 3.63) is 54.9 Å². The first-order valence-electron chi connectivity index (χ1n) is 7.14. The van der Waals surface area contributed by atoms with Gasteiger partial charge in [0, 0.05) is 23.7 Å². The Hall–Kier alpha value is -2.01. The van der Waals surface area contributed by atoms with Crippen LogP contribution in [0.5, 0.6) is 11.5 Å². The zero-order valence-corrected chi connectivity index (χ0v) is 13.5. The van der Waals surface area contributed by atoms with Crippen LogP contribution in [-0.2, 0) is 6.42 Å². The van der Waals surface area contributed by atoms with Gasteiger partial charge in [-0.15, -0.1) is 6.58 Å². The topological polar surface area (TPSA) is 44.2 Å². The third kappa shape index (κ3) is 5.07. The summed E-state index contributed by atoms with van der Waals surface area (Å²) in [6, 6.07) is 7.67.